The second kappa shape index (κ2) is 22.6. The van der Waals surface area contributed by atoms with Crippen LogP contribution in [0.4, 0.5) is 0 Å². The van der Waals surface area contributed by atoms with Gasteiger partial charge in [-0.25, -0.2) is 0 Å². The van der Waals surface area contributed by atoms with Gasteiger partial charge in [0.2, 0.25) is 0 Å². The summed E-state index contributed by atoms with van der Waals surface area (Å²) >= 11 is 0. The molecule has 0 N–H and O–H groups in total. The van der Waals surface area contributed by atoms with E-state index in [0.29, 0.717) is 0 Å². The summed E-state index contributed by atoms with van der Waals surface area (Å²) in [5.74, 6) is 6.73. The highest BCUT2D eigenvalue weighted by atomic mass is 14.0. The van der Waals surface area contributed by atoms with E-state index in [1.807, 2.05) is 0 Å². The van der Waals surface area contributed by atoms with E-state index < -0.39 is 0 Å². The predicted molar refractivity (Wildman–Crippen MR) is 111 cm³/mol. The van der Waals surface area contributed by atoms with E-state index in [2.05, 4.69) is 25.7 Å². The van der Waals surface area contributed by atoms with E-state index in [9.17, 15) is 0 Å². The molecular formula is C24H44. The fraction of sp³-hybridized carbons (Fsp3) is 0.833. The van der Waals surface area contributed by atoms with Crippen molar-refractivity contribution in [1.82, 2.24) is 0 Å². The molecule has 0 aromatic heterocycles. The van der Waals surface area contributed by atoms with Gasteiger partial charge in [0.15, 0.2) is 0 Å². The van der Waals surface area contributed by atoms with Gasteiger partial charge in [0.05, 0.1) is 0 Å². The monoisotopic (exact) mass is 332 g/mol. The lowest BCUT2D eigenvalue weighted by molar-refractivity contribution is 0.571. The molecule has 0 saturated heterocycles. The van der Waals surface area contributed by atoms with Gasteiger partial charge in [-0.15, -0.1) is 11.8 Å². The summed E-state index contributed by atoms with van der Waals surface area (Å²) in [5.41, 5.74) is 0. The first-order chi connectivity index (χ1) is 11.9. The molecule has 0 aliphatic rings. The molecule has 0 unspecified atom stereocenters. The zero-order valence-corrected chi connectivity index (χ0v) is 16.6. The molecule has 0 spiro atoms. The van der Waals surface area contributed by atoms with E-state index in [0.717, 1.165) is 25.7 Å². The van der Waals surface area contributed by atoms with Gasteiger partial charge in [-0.1, -0.05) is 117 Å². The topological polar surface area (TPSA) is 0 Å². The standard InChI is InChI=1S/C24H44/c1-3-5-7-9-11-13-15-17-19-21-23-24-22-20-18-16-14-12-10-8-6-4-2/h1-22H2. The Morgan fingerprint density at radius 3 is 0.875 bits per heavy atom. The molecule has 0 heteroatoms. The van der Waals surface area contributed by atoms with Crippen molar-refractivity contribution in [1.29, 1.82) is 0 Å². The minimum atomic E-state index is 1.11. The lowest BCUT2D eigenvalue weighted by Crippen LogP contribution is -1.81. The largest absolute Gasteiger partial charge is 0.103 e. The van der Waals surface area contributed by atoms with Crippen molar-refractivity contribution in [2.75, 3.05) is 0 Å². The second-order valence-electron chi connectivity index (χ2n) is 7.22. The highest BCUT2D eigenvalue weighted by molar-refractivity contribution is 4.98. The van der Waals surface area contributed by atoms with Gasteiger partial charge >= 0.3 is 0 Å². The van der Waals surface area contributed by atoms with Gasteiger partial charge in [0.25, 0.3) is 0 Å². The molecule has 0 nitrogen and oxygen atoms in total. The third kappa shape index (κ3) is 21.6. The summed E-state index contributed by atoms with van der Waals surface area (Å²) < 4.78 is 0. The molecule has 0 aliphatic heterocycles. The maximum atomic E-state index is 3.89. The summed E-state index contributed by atoms with van der Waals surface area (Å²) in [6.45, 7) is 7.78. The van der Waals surface area contributed by atoms with E-state index >= 15 is 0 Å². The van der Waals surface area contributed by atoms with Crippen molar-refractivity contribution >= 4 is 0 Å². The average molecular weight is 333 g/mol. The lowest BCUT2D eigenvalue weighted by atomic mass is 10.1. The molecule has 0 aliphatic carbocycles. The van der Waals surface area contributed by atoms with Crippen LogP contribution in [0.1, 0.15) is 128 Å². The Bertz CT molecular complexity index is 241. The molecule has 0 fully saturated rings. The third-order valence-corrected chi connectivity index (χ3v) is 4.73. The summed E-state index contributed by atoms with van der Waals surface area (Å²) in [6.07, 6.45) is 26.5. The average Bonchev–Trinajstić information content (AvgIpc) is 2.60. The molecule has 0 amide bonds. The van der Waals surface area contributed by atoms with E-state index in [4.69, 9.17) is 0 Å². The van der Waals surface area contributed by atoms with Crippen molar-refractivity contribution in [3.8, 4) is 11.8 Å². The van der Waals surface area contributed by atoms with Crippen LogP contribution in [0, 0.1) is 25.7 Å². The molecule has 2 radical (unpaired) electrons. The molecule has 0 aromatic rings. The Labute approximate surface area is 154 Å². The third-order valence-electron chi connectivity index (χ3n) is 4.73. The molecule has 0 bridgehead atoms. The van der Waals surface area contributed by atoms with Gasteiger partial charge in [-0.3, -0.25) is 0 Å². The van der Waals surface area contributed by atoms with Crippen molar-refractivity contribution < 1.29 is 0 Å². The fourth-order valence-electron chi connectivity index (χ4n) is 3.08. The first-order valence-corrected chi connectivity index (χ1v) is 11.0. The molecule has 0 aromatic carbocycles. The zero-order chi connectivity index (χ0) is 17.6. The zero-order valence-electron chi connectivity index (χ0n) is 16.6. The second-order valence-corrected chi connectivity index (χ2v) is 7.22. The maximum Gasteiger partial charge on any atom is 0.00886 e. The Kier molecular flexibility index (Phi) is 22.1. The normalized spacial score (nSPS) is 10.6. The van der Waals surface area contributed by atoms with Crippen LogP contribution in [0.3, 0.4) is 0 Å². The van der Waals surface area contributed by atoms with Crippen LogP contribution in [0.2, 0.25) is 0 Å². The van der Waals surface area contributed by atoms with Crippen LogP contribution in [0.25, 0.3) is 0 Å². The summed E-state index contributed by atoms with van der Waals surface area (Å²) in [4.78, 5) is 0. The number of unbranched alkanes of at least 4 members (excludes halogenated alkanes) is 18. The maximum absolute atomic E-state index is 3.89. The summed E-state index contributed by atoms with van der Waals surface area (Å²) in [7, 11) is 0. The van der Waals surface area contributed by atoms with Gasteiger partial charge in [0, 0.05) is 12.8 Å². The van der Waals surface area contributed by atoms with Crippen LogP contribution in [0.15, 0.2) is 0 Å². The molecule has 0 saturated carbocycles. The van der Waals surface area contributed by atoms with Gasteiger partial charge < -0.3 is 0 Å². The molecule has 0 heterocycles. The van der Waals surface area contributed by atoms with E-state index in [-0.39, 0.29) is 0 Å². The first kappa shape index (κ1) is 23.6. The molecule has 0 rings (SSSR count). The molecule has 0 atom stereocenters. The minimum Gasteiger partial charge on any atom is -0.103 e. The summed E-state index contributed by atoms with van der Waals surface area (Å²) in [5, 5.41) is 0. The fourth-order valence-corrected chi connectivity index (χ4v) is 3.08. The highest BCUT2D eigenvalue weighted by Gasteiger charge is 1.92. The summed E-state index contributed by atoms with van der Waals surface area (Å²) in [6, 6.07) is 0. The van der Waals surface area contributed by atoms with Crippen molar-refractivity contribution in [3.05, 3.63) is 13.8 Å². The predicted octanol–water partition coefficient (Wildman–Crippen LogP) is 8.46. The Morgan fingerprint density at radius 1 is 0.333 bits per heavy atom. The van der Waals surface area contributed by atoms with Crippen LogP contribution < -0.4 is 0 Å². The first-order valence-electron chi connectivity index (χ1n) is 11.0. The minimum absolute atomic E-state index is 1.11. The van der Waals surface area contributed by atoms with Crippen LogP contribution >= 0.6 is 0 Å². The van der Waals surface area contributed by atoms with Crippen molar-refractivity contribution in [3.63, 3.8) is 0 Å². The molecule has 24 heavy (non-hydrogen) atoms. The van der Waals surface area contributed by atoms with Gasteiger partial charge in [-0.2, -0.15) is 0 Å². The molecule has 140 valence electrons. The van der Waals surface area contributed by atoms with Crippen molar-refractivity contribution in [2.24, 2.45) is 0 Å². The van der Waals surface area contributed by atoms with Crippen molar-refractivity contribution in [2.45, 2.75) is 128 Å². The highest BCUT2D eigenvalue weighted by Crippen LogP contribution is 2.11. The van der Waals surface area contributed by atoms with Gasteiger partial charge in [-0.05, 0) is 12.8 Å². The quantitative estimate of drug-likeness (QED) is 0.174. The number of hydrogen-bond donors (Lipinski definition) is 0. The van der Waals surface area contributed by atoms with Crippen LogP contribution in [-0.2, 0) is 0 Å². The van der Waals surface area contributed by atoms with Gasteiger partial charge in [0.1, 0.15) is 0 Å². The number of hydrogen-bond acceptors (Lipinski definition) is 0. The smallest absolute Gasteiger partial charge is 0.00886 e. The lowest BCUT2D eigenvalue weighted by Gasteiger charge is -2.00. The number of rotatable bonds is 18. The SMILES string of the molecule is [CH2]CCCCCCCCCCC#CCCCCCCCCCC[CH2]. The molecular weight excluding hydrogens is 288 g/mol. The van der Waals surface area contributed by atoms with E-state index in [1.54, 1.807) is 0 Å². The van der Waals surface area contributed by atoms with E-state index in [1.165, 1.54) is 103 Å². The Balaban J connectivity index is 3.07. The Morgan fingerprint density at radius 2 is 0.583 bits per heavy atom. The van der Waals surface area contributed by atoms with Crippen LogP contribution in [0.5, 0.6) is 0 Å². The van der Waals surface area contributed by atoms with Crippen LogP contribution in [-0.4, -0.2) is 0 Å². The Hall–Kier alpha value is -0.440.